The molecule has 0 aromatic rings. The number of hydrogen-bond donors (Lipinski definition) is 0. The molecular weight excluding hydrogens is 260 g/mol. The van der Waals surface area contributed by atoms with E-state index in [1.54, 1.807) is 0 Å². The number of rotatable bonds is 0. The van der Waals surface area contributed by atoms with Crippen LogP contribution in [0.1, 0.15) is 27.7 Å². The molecule has 3 fully saturated rings. The first-order valence-electron chi connectivity index (χ1n) is 6.24. The molecule has 0 aromatic heterocycles. The van der Waals surface area contributed by atoms with E-state index in [2.05, 4.69) is 0 Å². The molecule has 0 spiro atoms. The van der Waals surface area contributed by atoms with E-state index in [9.17, 15) is 0 Å². The van der Waals surface area contributed by atoms with E-state index in [-0.39, 0.29) is 24.4 Å². The number of halogens is 1. The minimum Gasteiger partial charge on any atom is -0.351 e. The zero-order valence-corrected chi connectivity index (χ0v) is 11.8. The summed E-state index contributed by atoms with van der Waals surface area (Å²) in [7, 11) is 0. The Balaban J connectivity index is 1.84. The Bertz CT molecular complexity index is 345. The highest BCUT2D eigenvalue weighted by molar-refractivity contribution is 6.20. The van der Waals surface area contributed by atoms with Crippen LogP contribution < -0.4 is 0 Å². The predicted octanol–water partition coefficient (Wildman–Crippen LogP) is 1.62. The minimum absolute atomic E-state index is 0.209. The fraction of sp³-hybridized carbons (Fsp3) is 1.00. The lowest BCUT2D eigenvalue weighted by Gasteiger charge is -2.47. The first kappa shape index (κ1) is 13.1. The van der Waals surface area contributed by atoms with Crippen molar-refractivity contribution in [1.29, 1.82) is 0 Å². The molecule has 0 bridgehead atoms. The highest BCUT2D eigenvalue weighted by atomic mass is 35.5. The molecule has 3 rings (SSSR count). The van der Waals surface area contributed by atoms with Crippen molar-refractivity contribution in [2.24, 2.45) is 0 Å². The third-order valence-corrected chi connectivity index (χ3v) is 3.78. The van der Waals surface area contributed by atoms with Crippen molar-refractivity contribution in [3.05, 3.63) is 0 Å². The van der Waals surface area contributed by atoms with Crippen molar-refractivity contribution >= 4 is 11.6 Å². The topological polar surface area (TPSA) is 46.2 Å². The van der Waals surface area contributed by atoms with Crippen LogP contribution in [-0.4, -0.2) is 48.2 Å². The van der Waals surface area contributed by atoms with Crippen LogP contribution in [0.3, 0.4) is 0 Å². The first-order chi connectivity index (χ1) is 8.27. The Morgan fingerprint density at radius 1 is 0.889 bits per heavy atom. The lowest BCUT2D eigenvalue weighted by molar-refractivity contribution is -0.342. The molecule has 3 aliphatic heterocycles. The molecule has 104 valence electrons. The summed E-state index contributed by atoms with van der Waals surface area (Å²) >= 11 is 6.20. The monoisotopic (exact) mass is 278 g/mol. The van der Waals surface area contributed by atoms with Gasteiger partial charge in [-0.25, -0.2) is 0 Å². The third kappa shape index (κ3) is 2.17. The van der Waals surface area contributed by atoms with Crippen LogP contribution >= 0.6 is 11.6 Å². The summed E-state index contributed by atoms with van der Waals surface area (Å²) in [4.78, 5) is 0. The van der Waals surface area contributed by atoms with Gasteiger partial charge in [0.2, 0.25) is 0 Å². The van der Waals surface area contributed by atoms with Crippen molar-refractivity contribution in [2.45, 2.75) is 69.2 Å². The summed E-state index contributed by atoms with van der Waals surface area (Å²) in [6.45, 7) is 7.95. The van der Waals surface area contributed by atoms with Crippen LogP contribution in [0.5, 0.6) is 0 Å². The minimum atomic E-state index is -0.660. The summed E-state index contributed by atoms with van der Waals surface area (Å²) in [6.07, 6.45) is -0.948. The van der Waals surface area contributed by atoms with Gasteiger partial charge in [-0.05, 0) is 27.7 Å². The molecule has 0 saturated carbocycles. The fourth-order valence-corrected chi connectivity index (χ4v) is 3.06. The molecule has 0 N–H and O–H groups in total. The van der Waals surface area contributed by atoms with Gasteiger partial charge >= 0.3 is 0 Å². The second-order valence-electron chi connectivity index (χ2n) is 5.88. The standard InChI is InChI=1S/C12H19ClO5/c1-11(2)14-5-6-7(16-11)8-9(10(13)15-6)18-12(3,4)17-8/h6-10H,5H2,1-4H3/t6-,7-,8+,9+,10-/m1/s1. The van der Waals surface area contributed by atoms with Gasteiger partial charge in [-0.1, -0.05) is 11.6 Å². The van der Waals surface area contributed by atoms with Gasteiger partial charge in [0.25, 0.3) is 0 Å². The summed E-state index contributed by atoms with van der Waals surface area (Å²) in [5.74, 6) is -1.29. The van der Waals surface area contributed by atoms with Crippen molar-refractivity contribution in [3.63, 3.8) is 0 Å². The van der Waals surface area contributed by atoms with Gasteiger partial charge in [0.05, 0.1) is 6.61 Å². The molecular formula is C12H19ClO5. The molecule has 0 unspecified atom stereocenters. The van der Waals surface area contributed by atoms with Gasteiger partial charge in [-0.15, -0.1) is 0 Å². The Morgan fingerprint density at radius 3 is 2.22 bits per heavy atom. The normalized spacial score (nSPS) is 49.5. The molecule has 0 aromatic carbocycles. The quantitative estimate of drug-likeness (QED) is 0.630. The molecule has 6 heteroatoms. The molecule has 3 aliphatic rings. The molecule has 3 heterocycles. The van der Waals surface area contributed by atoms with Crippen molar-refractivity contribution in [2.75, 3.05) is 6.61 Å². The van der Waals surface area contributed by atoms with Crippen LogP contribution in [0.25, 0.3) is 0 Å². The number of hydrogen-bond acceptors (Lipinski definition) is 5. The highest BCUT2D eigenvalue weighted by Gasteiger charge is 2.57. The number of ether oxygens (including phenoxy) is 5. The van der Waals surface area contributed by atoms with E-state index in [0.29, 0.717) is 6.61 Å². The molecule has 5 nitrogen and oxygen atoms in total. The Morgan fingerprint density at radius 2 is 1.50 bits per heavy atom. The third-order valence-electron chi connectivity index (χ3n) is 3.43. The SMILES string of the molecule is CC1(C)O[C@@H]2[C@H](O1)[C@H](Cl)O[C@@H]1COC(C)(C)O[C@@H]21. The molecule has 3 saturated heterocycles. The average molecular weight is 279 g/mol. The van der Waals surface area contributed by atoms with Gasteiger partial charge in [0.1, 0.15) is 24.4 Å². The molecule has 0 amide bonds. The van der Waals surface area contributed by atoms with Crippen LogP contribution in [0.4, 0.5) is 0 Å². The summed E-state index contributed by atoms with van der Waals surface area (Å²) in [6, 6.07) is 0. The van der Waals surface area contributed by atoms with Crippen LogP contribution in [0.2, 0.25) is 0 Å². The van der Waals surface area contributed by atoms with E-state index < -0.39 is 17.1 Å². The second kappa shape index (κ2) is 4.04. The lowest BCUT2D eigenvalue weighted by Crippen LogP contribution is -2.62. The van der Waals surface area contributed by atoms with Gasteiger partial charge in [-0.2, -0.15) is 0 Å². The zero-order chi connectivity index (χ0) is 13.1. The summed E-state index contributed by atoms with van der Waals surface area (Å²) < 4.78 is 28.9. The Hall–Kier alpha value is 0.0900. The first-order valence-corrected chi connectivity index (χ1v) is 6.68. The van der Waals surface area contributed by atoms with E-state index in [0.717, 1.165) is 0 Å². The molecule has 0 aliphatic carbocycles. The van der Waals surface area contributed by atoms with E-state index >= 15 is 0 Å². The average Bonchev–Trinajstić information content (AvgIpc) is 2.56. The predicted molar refractivity (Wildman–Crippen MR) is 63.2 cm³/mol. The zero-order valence-electron chi connectivity index (χ0n) is 11.0. The Labute approximate surface area is 112 Å². The highest BCUT2D eigenvalue weighted by Crippen LogP contribution is 2.42. The number of alkyl halides is 1. The van der Waals surface area contributed by atoms with Gasteiger partial charge < -0.3 is 23.7 Å². The van der Waals surface area contributed by atoms with E-state index in [4.69, 9.17) is 35.3 Å². The van der Waals surface area contributed by atoms with Crippen molar-refractivity contribution < 1.29 is 23.7 Å². The maximum atomic E-state index is 6.20. The largest absolute Gasteiger partial charge is 0.351 e. The summed E-state index contributed by atoms with van der Waals surface area (Å²) in [5, 5.41) is 0. The van der Waals surface area contributed by atoms with E-state index in [1.807, 2.05) is 27.7 Å². The molecule has 5 atom stereocenters. The van der Waals surface area contributed by atoms with Gasteiger partial charge in [-0.3, -0.25) is 0 Å². The fourth-order valence-electron chi connectivity index (χ4n) is 2.73. The van der Waals surface area contributed by atoms with Crippen molar-refractivity contribution in [3.8, 4) is 0 Å². The second-order valence-corrected chi connectivity index (χ2v) is 6.31. The van der Waals surface area contributed by atoms with Crippen LogP contribution in [0.15, 0.2) is 0 Å². The molecule has 18 heavy (non-hydrogen) atoms. The molecule has 0 radical (unpaired) electrons. The lowest BCUT2D eigenvalue weighted by atomic mass is 9.98. The maximum absolute atomic E-state index is 6.20. The van der Waals surface area contributed by atoms with Crippen LogP contribution in [0, 0.1) is 0 Å². The van der Waals surface area contributed by atoms with E-state index in [1.165, 1.54) is 0 Å². The smallest absolute Gasteiger partial charge is 0.164 e. The Kier molecular flexibility index (Phi) is 2.94. The maximum Gasteiger partial charge on any atom is 0.164 e. The number of fused-ring (bicyclic) bond motifs is 3. The summed E-state index contributed by atoms with van der Waals surface area (Å²) in [5.41, 5.74) is -0.536. The van der Waals surface area contributed by atoms with Crippen molar-refractivity contribution in [1.82, 2.24) is 0 Å². The van der Waals surface area contributed by atoms with Gasteiger partial charge in [0, 0.05) is 0 Å². The van der Waals surface area contributed by atoms with Gasteiger partial charge in [0.15, 0.2) is 17.1 Å². The van der Waals surface area contributed by atoms with Crippen LogP contribution in [-0.2, 0) is 23.7 Å².